The Kier molecular flexibility index (Phi) is 36.2. The van der Waals surface area contributed by atoms with Gasteiger partial charge in [0, 0.05) is 19.3 Å². The van der Waals surface area contributed by atoms with Gasteiger partial charge in [-0.25, -0.2) is 4.79 Å². The van der Waals surface area contributed by atoms with E-state index in [4.69, 9.17) is 14.2 Å². The second-order valence-corrected chi connectivity index (χ2v) is 16.3. The molecule has 0 heterocycles. The van der Waals surface area contributed by atoms with Crippen molar-refractivity contribution in [1.82, 2.24) is 0 Å². The Morgan fingerprint density at radius 3 is 1.43 bits per heavy atom. The number of allylic oxidation sites excluding steroid dienone is 4. The molecule has 0 amide bonds. The van der Waals surface area contributed by atoms with Crippen LogP contribution in [-0.2, 0) is 28.6 Å². The van der Waals surface area contributed by atoms with E-state index in [0.717, 1.165) is 38.5 Å². The second kappa shape index (κ2) is 37.7. The molecule has 8 nitrogen and oxygen atoms in total. The number of carbonyl (C=O) groups is 3. The first kappa shape index (κ1) is 51.8. The molecule has 1 N–H and O–H groups in total. The summed E-state index contributed by atoms with van der Waals surface area (Å²) < 4.78 is 17.3. The Morgan fingerprint density at radius 1 is 0.556 bits per heavy atom. The molecule has 0 spiro atoms. The number of aliphatic carboxylic acids is 1. The lowest BCUT2D eigenvalue weighted by Gasteiger charge is -2.31. The summed E-state index contributed by atoms with van der Waals surface area (Å²) in [5.41, 5.74) is 0. The van der Waals surface area contributed by atoms with Crippen molar-refractivity contribution in [2.45, 2.75) is 212 Å². The van der Waals surface area contributed by atoms with Crippen LogP contribution in [0.2, 0.25) is 0 Å². The fraction of sp³-hybridized carbons (Fsp3) is 0.848. The van der Waals surface area contributed by atoms with Gasteiger partial charge in [-0.3, -0.25) is 9.59 Å². The second-order valence-electron chi connectivity index (χ2n) is 16.3. The largest absolute Gasteiger partial charge is 0.477 e. The van der Waals surface area contributed by atoms with Gasteiger partial charge in [-0.1, -0.05) is 167 Å². The van der Waals surface area contributed by atoms with E-state index in [0.29, 0.717) is 19.3 Å². The first-order valence-electron chi connectivity index (χ1n) is 22.4. The fourth-order valence-electron chi connectivity index (χ4n) is 6.61. The molecule has 0 aromatic rings. The number of ether oxygens (including phenoxy) is 3. The molecule has 54 heavy (non-hydrogen) atoms. The Labute approximate surface area is 332 Å². The van der Waals surface area contributed by atoms with Gasteiger partial charge in [-0.05, 0) is 38.5 Å². The molecule has 0 rings (SSSR count). The predicted molar refractivity (Wildman–Crippen MR) is 225 cm³/mol. The SMILES string of the molecule is CCCCC/C=C/C=C/CCCCCCCCCCCCC(=O)OCC(COCCC(C(=O)O)[N+](C)(C)C)OC(=O)CCCCCCCCCCCCC. The van der Waals surface area contributed by atoms with E-state index in [2.05, 4.69) is 38.2 Å². The summed E-state index contributed by atoms with van der Waals surface area (Å²) in [5, 5.41) is 9.61. The zero-order valence-electron chi connectivity index (χ0n) is 35.9. The number of likely N-dealkylation sites (N-methyl/N-ethyl adjacent to an activating group) is 1. The van der Waals surface area contributed by atoms with Crippen molar-refractivity contribution in [1.29, 1.82) is 0 Å². The lowest BCUT2D eigenvalue weighted by Crippen LogP contribution is -2.50. The Hall–Kier alpha value is -2.19. The van der Waals surface area contributed by atoms with Crippen LogP contribution in [0, 0.1) is 0 Å². The molecular formula is C46H86NO7+. The number of carbonyl (C=O) groups excluding carboxylic acids is 2. The normalized spacial score (nSPS) is 13.1. The number of quaternary nitrogens is 1. The molecule has 0 saturated carbocycles. The molecule has 0 aromatic heterocycles. The van der Waals surface area contributed by atoms with Crippen molar-refractivity contribution in [3.8, 4) is 0 Å². The third-order valence-electron chi connectivity index (χ3n) is 10.1. The molecule has 0 fully saturated rings. The van der Waals surface area contributed by atoms with Crippen LogP contribution in [0.15, 0.2) is 24.3 Å². The van der Waals surface area contributed by atoms with Gasteiger partial charge in [0.2, 0.25) is 0 Å². The summed E-state index contributed by atoms with van der Waals surface area (Å²) in [6, 6.07) is -0.611. The van der Waals surface area contributed by atoms with Crippen LogP contribution in [0.4, 0.5) is 0 Å². The monoisotopic (exact) mass is 765 g/mol. The summed E-state index contributed by atoms with van der Waals surface area (Å²) in [7, 11) is 5.53. The molecular weight excluding hydrogens is 679 g/mol. The molecule has 0 bridgehead atoms. The summed E-state index contributed by atoms with van der Waals surface area (Å²) >= 11 is 0. The van der Waals surface area contributed by atoms with Crippen LogP contribution in [0.3, 0.4) is 0 Å². The number of nitrogens with zero attached hydrogens (tertiary/aromatic N) is 1. The van der Waals surface area contributed by atoms with Crippen molar-refractivity contribution < 1.29 is 38.2 Å². The first-order valence-corrected chi connectivity index (χ1v) is 22.4. The van der Waals surface area contributed by atoms with Crippen molar-refractivity contribution in [2.24, 2.45) is 0 Å². The van der Waals surface area contributed by atoms with E-state index >= 15 is 0 Å². The van der Waals surface area contributed by atoms with Crippen molar-refractivity contribution in [2.75, 3.05) is 41.0 Å². The van der Waals surface area contributed by atoms with E-state index in [9.17, 15) is 19.5 Å². The van der Waals surface area contributed by atoms with Crippen LogP contribution in [0.1, 0.15) is 200 Å². The minimum atomic E-state index is -0.874. The number of carboxylic acid groups (broad SMARTS) is 1. The highest BCUT2D eigenvalue weighted by atomic mass is 16.6. The Balaban J connectivity index is 4.26. The Morgan fingerprint density at radius 2 is 0.963 bits per heavy atom. The van der Waals surface area contributed by atoms with Crippen LogP contribution in [-0.4, -0.2) is 80.6 Å². The maximum Gasteiger partial charge on any atom is 0.362 e. The van der Waals surface area contributed by atoms with Crippen molar-refractivity contribution in [3.63, 3.8) is 0 Å². The number of rotatable bonds is 40. The van der Waals surface area contributed by atoms with Crippen molar-refractivity contribution in [3.05, 3.63) is 24.3 Å². The van der Waals surface area contributed by atoms with Gasteiger partial charge >= 0.3 is 17.9 Å². The molecule has 0 radical (unpaired) electrons. The van der Waals surface area contributed by atoms with Gasteiger partial charge in [-0.2, -0.15) is 0 Å². The smallest absolute Gasteiger partial charge is 0.362 e. The lowest BCUT2D eigenvalue weighted by molar-refractivity contribution is -0.887. The quantitative estimate of drug-likeness (QED) is 0.0287. The van der Waals surface area contributed by atoms with Crippen LogP contribution in [0.5, 0.6) is 0 Å². The summed E-state index contributed by atoms with van der Waals surface area (Å²) in [6.45, 7) is 4.71. The topological polar surface area (TPSA) is 99.1 Å². The molecule has 8 heteroatoms. The number of esters is 2. The maximum absolute atomic E-state index is 12.7. The third-order valence-corrected chi connectivity index (χ3v) is 10.1. The molecule has 316 valence electrons. The van der Waals surface area contributed by atoms with Crippen LogP contribution >= 0.6 is 0 Å². The average Bonchev–Trinajstić information content (AvgIpc) is 3.12. The zero-order valence-corrected chi connectivity index (χ0v) is 35.9. The van der Waals surface area contributed by atoms with Crippen LogP contribution in [0.25, 0.3) is 0 Å². The molecule has 0 saturated heterocycles. The van der Waals surface area contributed by atoms with Gasteiger partial charge in [0.15, 0.2) is 12.1 Å². The highest BCUT2D eigenvalue weighted by Crippen LogP contribution is 2.15. The van der Waals surface area contributed by atoms with Gasteiger partial charge in [0.25, 0.3) is 0 Å². The van der Waals surface area contributed by atoms with E-state index < -0.39 is 18.1 Å². The number of hydrogen-bond acceptors (Lipinski definition) is 6. The maximum atomic E-state index is 12.7. The van der Waals surface area contributed by atoms with E-state index in [-0.39, 0.29) is 36.2 Å². The zero-order chi connectivity index (χ0) is 40.0. The Bertz CT molecular complexity index is 942. The van der Waals surface area contributed by atoms with Gasteiger partial charge < -0.3 is 23.8 Å². The molecule has 0 aliphatic rings. The van der Waals surface area contributed by atoms with Gasteiger partial charge in [-0.15, -0.1) is 0 Å². The highest BCUT2D eigenvalue weighted by Gasteiger charge is 2.31. The summed E-state index contributed by atoms with van der Waals surface area (Å²) in [5.74, 6) is -1.46. The molecule has 0 aliphatic heterocycles. The molecule has 0 aromatic carbocycles. The van der Waals surface area contributed by atoms with E-state index in [1.807, 2.05) is 21.1 Å². The fourth-order valence-corrected chi connectivity index (χ4v) is 6.61. The van der Waals surface area contributed by atoms with E-state index in [1.54, 1.807) is 0 Å². The minimum Gasteiger partial charge on any atom is -0.477 e. The molecule has 2 atom stereocenters. The number of hydrogen-bond donors (Lipinski definition) is 1. The predicted octanol–water partition coefficient (Wildman–Crippen LogP) is 12.1. The highest BCUT2D eigenvalue weighted by molar-refractivity contribution is 5.72. The lowest BCUT2D eigenvalue weighted by atomic mass is 10.1. The summed E-state index contributed by atoms with van der Waals surface area (Å²) in [6.07, 6.45) is 40.7. The first-order chi connectivity index (χ1) is 26.1. The molecule has 0 aliphatic carbocycles. The van der Waals surface area contributed by atoms with Gasteiger partial charge in [0.1, 0.15) is 6.61 Å². The van der Waals surface area contributed by atoms with Gasteiger partial charge in [0.05, 0.1) is 34.4 Å². The molecule has 2 unspecified atom stereocenters. The number of unbranched alkanes of at least 4 members (excludes halogenated alkanes) is 23. The average molecular weight is 765 g/mol. The van der Waals surface area contributed by atoms with Crippen LogP contribution < -0.4 is 0 Å². The number of carboxylic acids is 1. The third kappa shape index (κ3) is 35.5. The standard InChI is InChI=1S/C46H85NO7/c1-6-8-10-12-14-16-18-19-20-21-22-23-24-25-27-28-30-32-34-36-44(48)53-41-42(40-52-39-38-43(46(50)51)47(3,4)5)54-45(49)37-35-33-31-29-26-17-15-13-11-9-7-2/h14,16,18-19,42-43H,6-13,15,17,20-41H2,1-5H3/p+1/b16-14+,19-18+. The minimum absolute atomic E-state index is 0.0486. The van der Waals surface area contributed by atoms with E-state index in [1.165, 1.54) is 128 Å². The van der Waals surface area contributed by atoms with Crippen molar-refractivity contribution >= 4 is 17.9 Å². The summed E-state index contributed by atoms with van der Waals surface area (Å²) in [4.78, 5) is 36.9.